The Labute approximate surface area is 112 Å². The average molecular weight is 269 g/mol. The van der Waals surface area contributed by atoms with E-state index in [1.165, 1.54) is 12.1 Å². The van der Waals surface area contributed by atoms with Gasteiger partial charge in [-0.1, -0.05) is 19.1 Å². The maximum absolute atomic E-state index is 12.5. The van der Waals surface area contributed by atoms with E-state index >= 15 is 0 Å². The molecule has 1 aromatic carbocycles. The third-order valence-electron chi connectivity index (χ3n) is 2.76. The van der Waals surface area contributed by atoms with Crippen LogP contribution in [0.1, 0.15) is 43.9 Å². The van der Waals surface area contributed by atoms with Crippen molar-refractivity contribution in [1.82, 2.24) is 5.32 Å². The van der Waals surface area contributed by atoms with Crippen molar-refractivity contribution >= 4 is 0 Å². The second-order valence-corrected chi connectivity index (χ2v) is 4.26. The first-order valence-electron chi connectivity index (χ1n) is 6.29. The van der Waals surface area contributed by atoms with Gasteiger partial charge in [0.25, 0.3) is 0 Å². The van der Waals surface area contributed by atoms with Gasteiger partial charge in [-0.15, -0.1) is 11.8 Å². The second kappa shape index (κ2) is 7.20. The first-order chi connectivity index (χ1) is 8.99. The number of benzene rings is 1. The highest BCUT2D eigenvalue weighted by Crippen LogP contribution is 2.30. The standard InChI is InChI=1S/C15H18F3N/c1-3-5-6-14(19-11-4-2)12-7-9-13(10-8-12)15(16,17)18/h7-10,14,19H,4,6,11H2,1-2H3. The molecule has 0 aliphatic heterocycles. The summed E-state index contributed by atoms with van der Waals surface area (Å²) in [4.78, 5) is 0. The van der Waals surface area contributed by atoms with Crippen LogP contribution in [0.2, 0.25) is 0 Å². The second-order valence-electron chi connectivity index (χ2n) is 4.26. The van der Waals surface area contributed by atoms with E-state index < -0.39 is 11.7 Å². The summed E-state index contributed by atoms with van der Waals surface area (Å²) in [6.45, 7) is 4.61. The fraction of sp³-hybridized carbons (Fsp3) is 0.467. The number of nitrogens with one attached hydrogen (secondary N) is 1. The fourth-order valence-electron chi connectivity index (χ4n) is 1.73. The molecule has 0 aromatic heterocycles. The Balaban J connectivity index is 2.85. The summed E-state index contributed by atoms with van der Waals surface area (Å²) in [6.07, 6.45) is -2.72. The van der Waals surface area contributed by atoms with Gasteiger partial charge in [-0.2, -0.15) is 13.2 Å². The highest BCUT2D eigenvalue weighted by atomic mass is 19.4. The lowest BCUT2D eigenvalue weighted by atomic mass is 10.0. The van der Waals surface area contributed by atoms with Gasteiger partial charge in [0.1, 0.15) is 0 Å². The quantitative estimate of drug-likeness (QED) is 0.791. The number of alkyl halides is 3. The van der Waals surface area contributed by atoms with E-state index in [-0.39, 0.29) is 6.04 Å². The third kappa shape index (κ3) is 4.96. The summed E-state index contributed by atoms with van der Waals surface area (Å²) in [5, 5.41) is 3.29. The monoisotopic (exact) mass is 269 g/mol. The number of halogens is 3. The van der Waals surface area contributed by atoms with E-state index in [2.05, 4.69) is 17.2 Å². The van der Waals surface area contributed by atoms with Crippen molar-refractivity contribution in [3.05, 3.63) is 35.4 Å². The summed E-state index contributed by atoms with van der Waals surface area (Å²) >= 11 is 0. The molecule has 1 atom stereocenters. The fourth-order valence-corrected chi connectivity index (χ4v) is 1.73. The molecule has 0 saturated heterocycles. The Kier molecular flexibility index (Phi) is 5.91. The molecule has 1 rings (SSSR count). The predicted octanol–water partition coefficient (Wildman–Crippen LogP) is 4.16. The van der Waals surface area contributed by atoms with Crippen molar-refractivity contribution < 1.29 is 13.2 Å². The Morgan fingerprint density at radius 3 is 2.32 bits per heavy atom. The molecule has 0 aliphatic rings. The molecule has 1 unspecified atom stereocenters. The molecule has 0 aliphatic carbocycles. The van der Waals surface area contributed by atoms with Crippen LogP contribution in [0.25, 0.3) is 0 Å². The molecule has 104 valence electrons. The summed E-state index contributed by atoms with van der Waals surface area (Å²) in [5.41, 5.74) is 0.219. The molecule has 0 amide bonds. The Morgan fingerprint density at radius 1 is 1.21 bits per heavy atom. The van der Waals surface area contributed by atoms with Gasteiger partial charge >= 0.3 is 6.18 Å². The van der Waals surface area contributed by atoms with Crippen molar-refractivity contribution in [1.29, 1.82) is 0 Å². The lowest BCUT2D eigenvalue weighted by Gasteiger charge is -2.17. The first kappa shape index (κ1) is 15.6. The van der Waals surface area contributed by atoms with E-state index in [4.69, 9.17) is 0 Å². The maximum atomic E-state index is 12.5. The van der Waals surface area contributed by atoms with Crippen molar-refractivity contribution in [3.8, 4) is 11.8 Å². The third-order valence-corrected chi connectivity index (χ3v) is 2.76. The van der Waals surface area contributed by atoms with Gasteiger partial charge in [0.2, 0.25) is 0 Å². The number of hydrogen-bond acceptors (Lipinski definition) is 1. The van der Waals surface area contributed by atoms with Gasteiger partial charge < -0.3 is 5.32 Å². The lowest BCUT2D eigenvalue weighted by Crippen LogP contribution is -2.22. The van der Waals surface area contributed by atoms with Crippen LogP contribution in [0.5, 0.6) is 0 Å². The van der Waals surface area contributed by atoms with Crippen LogP contribution < -0.4 is 5.32 Å². The minimum absolute atomic E-state index is 0.0188. The van der Waals surface area contributed by atoms with Crippen LogP contribution in [-0.2, 0) is 6.18 Å². The highest BCUT2D eigenvalue weighted by Gasteiger charge is 2.30. The van der Waals surface area contributed by atoms with E-state index in [1.807, 2.05) is 6.92 Å². The Morgan fingerprint density at radius 2 is 1.84 bits per heavy atom. The smallest absolute Gasteiger partial charge is 0.309 e. The van der Waals surface area contributed by atoms with Crippen LogP contribution >= 0.6 is 0 Å². The molecule has 0 fully saturated rings. The SMILES string of the molecule is CC#CCC(NCCC)c1ccc(C(F)(F)F)cc1. The van der Waals surface area contributed by atoms with Crippen molar-refractivity contribution in [2.75, 3.05) is 6.54 Å². The van der Waals surface area contributed by atoms with Crippen LogP contribution in [0.4, 0.5) is 13.2 Å². The number of hydrogen-bond donors (Lipinski definition) is 1. The summed E-state index contributed by atoms with van der Waals surface area (Å²) in [5.74, 6) is 5.78. The summed E-state index contributed by atoms with van der Waals surface area (Å²) in [6, 6.07) is 5.26. The van der Waals surface area contributed by atoms with Gasteiger partial charge in [0.15, 0.2) is 0 Å². The van der Waals surface area contributed by atoms with Crippen LogP contribution in [-0.4, -0.2) is 6.54 Å². The minimum atomic E-state index is -4.28. The molecular weight excluding hydrogens is 251 g/mol. The highest BCUT2D eigenvalue weighted by molar-refractivity contribution is 5.27. The zero-order chi connectivity index (χ0) is 14.3. The van der Waals surface area contributed by atoms with Gasteiger partial charge in [0, 0.05) is 12.5 Å². The molecule has 0 radical (unpaired) electrons. The first-order valence-corrected chi connectivity index (χ1v) is 6.29. The lowest BCUT2D eigenvalue weighted by molar-refractivity contribution is -0.137. The molecule has 1 aromatic rings. The molecule has 4 heteroatoms. The van der Waals surface area contributed by atoms with E-state index in [0.29, 0.717) is 6.42 Å². The van der Waals surface area contributed by atoms with Crippen LogP contribution in [0.3, 0.4) is 0 Å². The molecule has 0 bridgehead atoms. The van der Waals surface area contributed by atoms with E-state index in [0.717, 1.165) is 30.7 Å². The summed E-state index contributed by atoms with van der Waals surface area (Å²) in [7, 11) is 0. The minimum Gasteiger partial charge on any atom is -0.309 e. The molecule has 0 heterocycles. The van der Waals surface area contributed by atoms with Crippen molar-refractivity contribution in [2.24, 2.45) is 0 Å². The molecular formula is C15H18F3N. The molecule has 19 heavy (non-hydrogen) atoms. The zero-order valence-electron chi connectivity index (χ0n) is 11.1. The maximum Gasteiger partial charge on any atom is 0.416 e. The van der Waals surface area contributed by atoms with Crippen LogP contribution in [0, 0.1) is 11.8 Å². The summed E-state index contributed by atoms with van der Waals surface area (Å²) < 4.78 is 37.5. The van der Waals surface area contributed by atoms with Gasteiger partial charge in [-0.05, 0) is 37.6 Å². The van der Waals surface area contributed by atoms with E-state index in [1.54, 1.807) is 6.92 Å². The molecule has 0 saturated carbocycles. The number of rotatable bonds is 5. The van der Waals surface area contributed by atoms with Crippen LogP contribution in [0.15, 0.2) is 24.3 Å². The molecule has 1 N–H and O–H groups in total. The van der Waals surface area contributed by atoms with Gasteiger partial charge in [-0.25, -0.2) is 0 Å². The average Bonchev–Trinajstić information content (AvgIpc) is 2.38. The topological polar surface area (TPSA) is 12.0 Å². The molecule has 1 nitrogen and oxygen atoms in total. The van der Waals surface area contributed by atoms with Gasteiger partial charge in [0.05, 0.1) is 5.56 Å². The van der Waals surface area contributed by atoms with E-state index in [9.17, 15) is 13.2 Å². The Hall–Kier alpha value is -1.47. The molecule has 0 spiro atoms. The zero-order valence-corrected chi connectivity index (χ0v) is 11.1. The van der Waals surface area contributed by atoms with Crippen molar-refractivity contribution in [3.63, 3.8) is 0 Å². The van der Waals surface area contributed by atoms with Crippen molar-refractivity contribution in [2.45, 2.75) is 38.9 Å². The predicted molar refractivity (Wildman–Crippen MR) is 70.5 cm³/mol. The normalized spacial score (nSPS) is 12.7. The van der Waals surface area contributed by atoms with Gasteiger partial charge in [-0.3, -0.25) is 0 Å². The largest absolute Gasteiger partial charge is 0.416 e. The Bertz CT molecular complexity index is 437.